The highest BCUT2D eigenvalue weighted by molar-refractivity contribution is 5.94. The number of hydrogen-bond acceptors (Lipinski definition) is 5. The van der Waals surface area contributed by atoms with E-state index in [9.17, 15) is 9.59 Å². The van der Waals surface area contributed by atoms with Crippen LogP contribution in [0.2, 0.25) is 0 Å². The van der Waals surface area contributed by atoms with Crippen LogP contribution in [0, 0.1) is 0 Å². The molecule has 33 heavy (non-hydrogen) atoms. The molecule has 1 aromatic heterocycles. The van der Waals surface area contributed by atoms with Gasteiger partial charge in [-0.1, -0.05) is 12.6 Å². The Hall–Kier alpha value is -3.19. The van der Waals surface area contributed by atoms with Crippen LogP contribution in [0.15, 0.2) is 55.3 Å². The van der Waals surface area contributed by atoms with Crippen LogP contribution in [0.1, 0.15) is 53.4 Å². The highest BCUT2D eigenvalue weighted by Gasteiger charge is 2.29. The molecule has 2 atom stereocenters. The standard InChI is InChI=1S/C26H32N4O3/c1-4-25(31)30-14-13-29(16-18(30)2)17-24(23-12-9-21(15-28-23)19-5-6-19)33-22-10-7-20(8-11-22)26(32)27-3/h4,7-12,15,18-19,24H,1,5-6,13-14,16-17H2,2-3H3,(H,27,32)/t18-,24-/m1/s1. The summed E-state index contributed by atoms with van der Waals surface area (Å²) in [6.45, 7) is 8.51. The molecule has 1 N–H and O–H groups in total. The molecule has 2 fully saturated rings. The molecule has 1 aliphatic carbocycles. The first-order chi connectivity index (χ1) is 16.0. The zero-order chi connectivity index (χ0) is 23.4. The maximum atomic E-state index is 12.1. The number of nitrogens with one attached hydrogen (secondary N) is 1. The lowest BCUT2D eigenvalue weighted by Crippen LogP contribution is -2.54. The molecule has 0 radical (unpaired) electrons. The highest BCUT2D eigenvalue weighted by atomic mass is 16.5. The van der Waals surface area contributed by atoms with Crippen molar-refractivity contribution in [2.75, 3.05) is 33.2 Å². The topological polar surface area (TPSA) is 74.8 Å². The smallest absolute Gasteiger partial charge is 0.251 e. The lowest BCUT2D eigenvalue weighted by Gasteiger charge is -2.40. The van der Waals surface area contributed by atoms with E-state index in [-0.39, 0.29) is 24.0 Å². The van der Waals surface area contributed by atoms with Gasteiger partial charge < -0.3 is 15.0 Å². The molecule has 2 amide bonds. The zero-order valence-corrected chi connectivity index (χ0v) is 19.4. The first-order valence-electron chi connectivity index (χ1n) is 11.6. The summed E-state index contributed by atoms with van der Waals surface area (Å²) in [5.41, 5.74) is 2.76. The van der Waals surface area contributed by atoms with E-state index in [1.165, 1.54) is 24.5 Å². The van der Waals surface area contributed by atoms with Crippen LogP contribution in [0.5, 0.6) is 5.75 Å². The normalized spacial score (nSPS) is 19.6. The second-order valence-electron chi connectivity index (χ2n) is 8.85. The quantitative estimate of drug-likeness (QED) is 0.628. The van der Waals surface area contributed by atoms with E-state index in [4.69, 9.17) is 9.72 Å². The number of ether oxygens (including phenoxy) is 1. The number of carbonyl (C=O) groups excluding carboxylic acids is 2. The van der Waals surface area contributed by atoms with Gasteiger partial charge in [0.15, 0.2) is 6.10 Å². The molecule has 2 aliphatic rings. The number of pyridine rings is 1. The minimum atomic E-state index is -0.266. The number of rotatable bonds is 8. The SMILES string of the molecule is C=CC(=O)N1CCN(C[C@@H](Oc2ccc(C(=O)NC)cc2)c2ccc(C3CC3)cn2)C[C@H]1C. The van der Waals surface area contributed by atoms with Gasteiger partial charge in [0.25, 0.3) is 5.91 Å². The number of hydrogen-bond donors (Lipinski definition) is 1. The number of piperazine rings is 1. The number of nitrogens with zero attached hydrogens (tertiary/aromatic N) is 3. The molecule has 1 aliphatic heterocycles. The van der Waals surface area contributed by atoms with Gasteiger partial charge in [-0.3, -0.25) is 19.5 Å². The third-order valence-electron chi connectivity index (χ3n) is 6.40. The Morgan fingerprint density at radius 1 is 1.21 bits per heavy atom. The Labute approximate surface area is 195 Å². The van der Waals surface area contributed by atoms with E-state index in [0.717, 1.165) is 18.8 Å². The van der Waals surface area contributed by atoms with Gasteiger partial charge in [0.2, 0.25) is 5.91 Å². The van der Waals surface area contributed by atoms with Crippen LogP contribution < -0.4 is 10.1 Å². The first kappa shape index (κ1) is 23.0. The molecule has 7 heteroatoms. The Morgan fingerprint density at radius 2 is 1.97 bits per heavy atom. The van der Waals surface area contributed by atoms with E-state index in [1.54, 1.807) is 19.2 Å². The number of aromatic nitrogens is 1. The van der Waals surface area contributed by atoms with Gasteiger partial charge in [0.05, 0.1) is 5.69 Å². The Morgan fingerprint density at radius 3 is 2.55 bits per heavy atom. The first-order valence-corrected chi connectivity index (χ1v) is 11.6. The van der Waals surface area contributed by atoms with Gasteiger partial charge in [-0.05, 0) is 67.7 Å². The van der Waals surface area contributed by atoms with Gasteiger partial charge in [-0.15, -0.1) is 0 Å². The number of carbonyl (C=O) groups is 2. The summed E-state index contributed by atoms with van der Waals surface area (Å²) in [5, 5.41) is 2.63. The lowest BCUT2D eigenvalue weighted by molar-refractivity contribution is -0.130. The summed E-state index contributed by atoms with van der Waals surface area (Å²) < 4.78 is 6.39. The molecule has 1 saturated carbocycles. The molecule has 2 aromatic rings. The maximum Gasteiger partial charge on any atom is 0.251 e. The van der Waals surface area contributed by atoms with Crippen LogP contribution in [0.25, 0.3) is 0 Å². The molecular formula is C26H32N4O3. The number of benzene rings is 1. The van der Waals surface area contributed by atoms with Crippen LogP contribution in [0.4, 0.5) is 0 Å². The average Bonchev–Trinajstić information content (AvgIpc) is 3.69. The van der Waals surface area contributed by atoms with Gasteiger partial charge in [-0.2, -0.15) is 0 Å². The van der Waals surface area contributed by atoms with Crippen LogP contribution in [0.3, 0.4) is 0 Å². The van der Waals surface area contributed by atoms with Crippen molar-refractivity contribution in [1.29, 1.82) is 0 Å². The third kappa shape index (κ3) is 5.60. The Kier molecular flexibility index (Phi) is 7.08. The van der Waals surface area contributed by atoms with Crippen molar-refractivity contribution >= 4 is 11.8 Å². The Balaban J connectivity index is 1.49. The largest absolute Gasteiger partial charge is 0.483 e. The van der Waals surface area contributed by atoms with Gasteiger partial charge in [-0.25, -0.2) is 0 Å². The summed E-state index contributed by atoms with van der Waals surface area (Å²) in [6.07, 6.45) is 5.57. The summed E-state index contributed by atoms with van der Waals surface area (Å²) >= 11 is 0. The van der Waals surface area contributed by atoms with E-state index < -0.39 is 0 Å². The molecule has 0 bridgehead atoms. The van der Waals surface area contributed by atoms with Crippen molar-refractivity contribution < 1.29 is 14.3 Å². The van der Waals surface area contributed by atoms with E-state index in [1.807, 2.05) is 23.2 Å². The molecule has 174 valence electrons. The van der Waals surface area contributed by atoms with Gasteiger partial charge >= 0.3 is 0 Å². The van der Waals surface area contributed by atoms with Gasteiger partial charge in [0, 0.05) is 51.0 Å². The van der Waals surface area contributed by atoms with Crippen molar-refractivity contribution in [1.82, 2.24) is 20.1 Å². The van der Waals surface area contributed by atoms with Crippen LogP contribution in [-0.2, 0) is 4.79 Å². The van der Waals surface area contributed by atoms with E-state index in [0.29, 0.717) is 30.3 Å². The fraction of sp³-hybridized carbons (Fsp3) is 0.423. The van der Waals surface area contributed by atoms with Crippen molar-refractivity contribution in [3.8, 4) is 5.75 Å². The van der Waals surface area contributed by atoms with Gasteiger partial charge in [0.1, 0.15) is 5.75 Å². The van der Waals surface area contributed by atoms with Crippen molar-refractivity contribution in [3.63, 3.8) is 0 Å². The molecule has 4 rings (SSSR count). The molecule has 1 aromatic carbocycles. The van der Waals surface area contributed by atoms with E-state index in [2.05, 4.69) is 35.9 Å². The predicted molar refractivity (Wildman–Crippen MR) is 127 cm³/mol. The molecular weight excluding hydrogens is 416 g/mol. The molecule has 0 spiro atoms. The van der Waals surface area contributed by atoms with Crippen LogP contribution >= 0.6 is 0 Å². The zero-order valence-electron chi connectivity index (χ0n) is 19.4. The highest BCUT2D eigenvalue weighted by Crippen LogP contribution is 2.39. The average molecular weight is 449 g/mol. The van der Waals surface area contributed by atoms with Crippen LogP contribution in [-0.4, -0.2) is 65.9 Å². The van der Waals surface area contributed by atoms with Crippen molar-refractivity contribution in [3.05, 3.63) is 72.1 Å². The van der Waals surface area contributed by atoms with Crippen molar-refractivity contribution in [2.45, 2.75) is 37.8 Å². The fourth-order valence-corrected chi connectivity index (χ4v) is 4.33. The molecule has 2 heterocycles. The maximum absolute atomic E-state index is 12.1. The molecule has 0 unspecified atom stereocenters. The lowest BCUT2D eigenvalue weighted by atomic mass is 10.1. The predicted octanol–water partition coefficient (Wildman–Crippen LogP) is 3.16. The molecule has 1 saturated heterocycles. The minimum Gasteiger partial charge on any atom is -0.483 e. The van der Waals surface area contributed by atoms with Crippen molar-refractivity contribution in [2.24, 2.45) is 0 Å². The monoisotopic (exact) mass is 448 g/mol. The number of amides is 2. The fourth-order valence-electron chi connectivity index (χ4n) is 4.33. The summed E-state index contributed by atoms with van der Waals surface area (Å²) in [6, 6.07) is 11.5. The third-order valence-corrected chi connectivity index (χ3v) is 6.40. The second kappa shape index (κ2) is 10.2. The Bertz CT molecular complexity index is 986. The summed E-state index contributed by atoms with van der Waals surface area (Å²) in [4.78, 5) is 32.9. The summed E-state index contributed by atoms with van der Waals surface area (Å²) in [7, 11) is 1.61. The minimum absolute atomic E-state index is 0.0245. The second-order valence-corrected chi connectivity index (χ2v) is 8.85. The molecule has 7 nitrogen and oxygen atoms in total. The summed E-state index contributed by atoms with van der Waals surface area (Å²) in [5.74, 6) is 1.19. The van der Waals surface area contributed by atoms with E-state index >= 15 is 0 Å².